The normalized spacial score (nSPS) is 11.0. The molecular weight excluding hydrogens is 306 g/mol. The van der Waals surface area contributed by atoms with E-state index in [1.54, 1.807) is 24.3 Å². The number of thiocarbonyl (C=S) groups is 1. The summed E-state index contributed by atoms with van der Waals surface area (Å²) < 4.78 is 25.9. The van der Waals surface area contributed by atoms with Crippen molar-refractivity contribution < 1.29 is 8.78 Å². The van der Waals surface area contributed by atoms with Gasteiger partial charge >= 0.3 is 0 Å². The summed E-state index contributed by atoms with van der Waals surface area (Å²) in [5, 5.41) is 7.84. The second-order valence-corrected chi connectivity index (χ2v) is 4.59. The minimum absolute atomic E-state index is 0.153. The van der Waals surface area contributed by atoms with E-state index < -0.39 is 0 Å². The van der Waals surface area contributed by atoms with Crippen molar-refractivity contribution in [2.45, 2.75) is 0 Å². The summed E-state index contributed by atoms with van der Waals surface area (Å²) in [7, 11) is 0. The fourth-order valence-corrected chi connectivity index (χ4v) is 1.64. The molecule has 2 rings (SSSR count). The molecule has 7 heteroatoms. The fourth-order valence-electron chi connectivity index (χ4n) is 1.53. The molecule has 0 saturated heterocycles. The Morgan fingerprint density at radius 1 is 0.864 bits per heavy atom. The van der Waals surface area contributed by atoms with Gasteiger partial charge in [0.1, 0.15) is 11.6 Å². The lowest BCUT2D eigenvalue weighted by atomic mass is 10.2. The van der Waals surface area contributed by atoms with E-state index in [2.05, 4.69) is 21.1 Å². The second kappa shape index (κ2) is 7.94. The molecule has 0 atom stereocenters. The average molecular weight is 318 g/mol. The van der Waals surface area contributed by atoms with Gasteiger partial charge < -0.3 is 0 Å². The van der Waals surface area contributed by atoms with Crippen molar-refractivity contribution >= 4 is 29.8 Å². The largest absolute Gasteiger partial charge is 0.252 e. The number of nitrogens with zero attached hydrogens (tertiary/aromatic N) is 2. The van der Waals surface area contributed by atoms with E-state index in [9.17, 15) is 8.78 Å². The Balaban J connectivity index is 1.81. The Hall–Kier alpha value is -2.67. The number of hydrogen-bond donors (Lipinski definition) is 2. The van der Waals surface area contributed by atoms with Gasteiger partial charge in [-0.25, -0.2) is 8.78 Å². The van der Waals surface area contributed by atoms with Crippen LogP contribution in [0.5, 0.6) is 0 Å². The maximum Gasteiger partial charge on any atom is 0.207 e. The number of halogens is 2. The third-order valence-corrected chi connectivity index (χ3v) is 2.64. The lowest BCUT2D eigenvalue weighted by Gasteiger charge is -2.01. The third kappa shape index (κ3) is 5.37. The quantitative estimate of drug-likeness (QED) is 0.518. The second-order valence-electron chi connectivity index (χ2n) is 4.18. The minimum atomic E-state index is -0.343. The van der Waals surface area contributed by atoms with Gasteiger partial charge in [0.15, 0.2) is 0 Å². The summed E-state index contributed by atoms with van der Waals surface area (Å²) in [5.41, 5.74) is 6.25. The first kappa shape index (κ1) is 15.7. The van der Waals surface area contributed by atoms with Crippen LogP contribution in [0.4, 0.5) is 8.78 Å². The van der Waals surface area contributed by atoms with Gasteiger partial charge in [-0.2, -0.15) is 10.2 Å². The Morgan fingerprint density at radius 2 is 1.32 bits per heavy atom. The van der Waals surface area contributed by atoms with Crippen LogP contribution in [-0.4, -0.2) is 17.5 Å². The summed E-state index contributed by atoms with van der Waals surface area (Å²) >= 11 is 4.94. The molecular formula is C15H12F2N4S. The van der Waals surface area contributed by atoms with Crippen LogP contribution in [0.2, 0.25) is 0 Å². The van der Waals surface area contributed by atoms with E-state index in [1.165, 1.54) is 36.7 Å². The maximum atomic E-state index is 12.9. The first-order valence-electron chi connectivity index (χ1n) is 6.27. The van der Waals surface area contributed by atoms with Crippen molar-refractivity contribution in [1.29, 1.82) is 0 Å². The first-order chi connectivity index (χ1) is 10.6. The van der Waals surface area contributed by atoms with E-state index >= 15 is 0 Å². The standard InChI is InChI=1S/C15H12F2N4S/c16-13-5-1-3-11(7-13)9-18-20-15(22)21-19-10-12-4-2-6-14(17)8-12/h1-10H,(H2,20,21,22)/b18-9+,19-10+. The zero-order valence-electron chi connectivity index (χ0n) is 11.3. The molecule has 0 spiro atoms. The summed E-state index contributed by atoms with van der Waals surface area (Å²) in [4.78, 5) is 0. The van der Waals surface area contributed by atoms with E-state index in [1.807, 2.05) is 0 Å². The molecule has 22 heavy (non-hydrogen) atoms. The molecule has 0 aliphatic rings. The molecule has 0 aliphatic carbocycles. The van der Waals surface area contributed by atoms with Crippen LogP contribution in [0.25, 0.3) is 0 Å². The number of nitrogens with one attached hydrogen (secondary N) is 2. The van der Waals surface area contributed by atoms with E-state index in [4.69, 9.17) is 12.2 Å². The third-order valence-electron chi connectivity index (χ3n) is 2.46. The Morgan fingerprint density at radius 3 is 1.73 bits per heavy atom. The molecule has 2 aromatic rings. The molecule has 0 bridgehead atoms. The van der Waals surface area contributed by atoms with Crippen molar-refractivity contribution in [3.05, 3.63) is 71.3 Å². The molecule has 4 nitrogen and oxygen atoms in total. The Kier molecular flexibility index (Phi) is 5.67. The van der Waals surface area contributed by atoms with Crippen LogP contribution < -0.4 is 10.9 Å². The molecule has 0 saturated carbocycles. The van der Waals surface area contributed by atoms with Gasteiger partial charge in [-0.1, -0.05) is 24.3 Å². The number of hydrogen-bond acceptors (Lipinski definition) is 3. The fraction of sp³-hybridized carbons (Fsp3) is 0. The van der Waals surface area contributed by atoms with Gasteiger partial charge in [0.25, 0.3) is 0 Å². The monoisotopic (exact) mass is 318 g/mol. The zero-order chi connectivity index (χ0) is 15.8. The molecule has 112 valence electrons. The lowest BCUT2D eigenvalue weighted by molar-refractivity contribution is 0.627. The summed E-state index contributed by atoms with van der Waals surface area (Å²) in [6.07, 6.45) is 2.85. The van der Waals surface area contributed by atoms with Gasteiger partial charge in [0, 0.05) is 0 Å². The van der Waals surface area contributed by atoms with Gasteiger partial charge in [0.05, 0.1) is 12.4 Å². The highest BCUT2D eigenvalue weighted by atomic mass is 32.1. The van der Waals surface area contributed by atoms with Crippen LogP contribution in [0, 0.1) is 11.6 Å². The van der Waals surface area contributed by atoms with Gasteiger partial charge in [-0.05, 0) is 47.6 Å². The smallest absolute Gasteiger partial charge is 0.207 e. The van der Waals surface area contributed by atoms with Crippen molar-refractivity contribution in [2.75, 3.05) is 0 Å². The van der Waals surface area contributed by atoms with Crippen molar-refractivity contribution in [3.8, 4) is 0 Å². The number of benzene rings is 2. The number of hydrazone groups is 2. The molecule has 0 aliphatic heterocycles. The summed E-state index contributed by atoms with van der Waals surface area (Å²) in [6, 6.07) is 11.9. The molecule has 0 heterocycles. The SMILES string of the molecule is Fc1cccc(/C=N/NC(=S)N/N=C/c2cccc(F)c2)c1. The molecule has 2 N–H and O–H groups in total. The van der Waals surface area contributed by atoms with Crippen molar-refractivity contribution in [2.24, 2.45) is 10.2 Å². The molecule has 0 amide bonds. The van der Waals surface area contributed by atoms with Crippen LogP contribution in [0.15, 0.2) is 58.7 Å². The number of rotatable bonds is 4. The van der Waals surface area contributed by atoms with Crippen LogP contribution in [0.1, 0.15) is 11.1 Å². The highest BCUT2D eigenvalue weighted by Crippen LogP contribution is 2.00. The van der Waals surface area contributed by atoms with Crippen LogP contribution in [-0.2, 0) is 0 Å². The van der Waals surface area contributed by atoms with Gasteiger partial charge in [0.2, 0.25) is 5.11 Å². The zero-order valence-corrected chi connectivity index (χ0v) is 12.1. The average Bonchev–Trinajstić information content (AvgIpc) is 2.47. The topological polar surface area (TPSA) is 48.8 Å². The minimum Gasteiger partial charge on any atom is -0.252 e. The first-order valence-corrected chi connectivity index (χ1v) is 6.67. The van der Waals surface area contributed by atoms with E-state index in [0.717, 1.165) is 0 Å². The van der Waals surface area contributed by atoms with E-state index in [-0.39, 0.29) is 16.7 Å². The Bertz CT molecular complexity index is 657. The molecule has 2 aromatic carbocycles. The molecule has 0 aromatic heterocycles. The Labute approximate surface area is 131 Å². The van der Waals surface area contributed by atoms with Crippen LogP contribution >= 0.6 is 12.2 Å². The van der Waals surface area contributed by atoms with Crippen molar-refractivity contribution in [3.63, 3.8) is 0 Å². The maximum absolute atomic E-state index is 12.9. The highest BCUT2D eigenvalue weighted by molar-refractivity contribution is 7.80. The summed E-state index contributed by atoms with van der Waals surface area (Å²) in [6.45, 7) is 0. The predicted molar refractivity (Wildman–Crippen MR) is 86.9 cm³/mol. The lowest BCUT2D eigenvalue weighted by Crippen LogP contribution is -2.28. The highest BCUT2D eigenvalue weighted by Gasteiger charge is 1.93. The van der Waals surface area contributed by atoms with Crippen LogP contribution in [0.3, 0.4) is 0 Å². The molecule has 0 unspecified atom stereocenters. The molecule has 0 radical (unpaired) electrons. The summed E-state index contributed by atoms with van der Waals surface area (Å²) in [5.74, 6) is -0.686. The van der Waals surface area contributed by atoms with Crippen molar-refractivity contribution in [1.82, 2.24) is 10.9 Å². The van der Waals surface area contributed by atoms with E-state index in [0.29, 0.717) is 11.1 Å². The molecule has 0 fully saturated rings. The van der Waals surface area contributed by atoms with Gasteiger partial charge in [-0.15, -0.1) is 0 Å². The van der Waals surface area contributed by atoms with Gasteiger partial charge in [-0.3, -0.25) is 10.9 Å². The predicted octanol–water partition coefficient (Wildman–Crippen LogP) is 2.80.